The van der Waals surface area contributed by atoms with Crippen LogP contribution in [-0.4, -0.2) is 0 Å². The van der Waals surface area contributed by atoms with Gasteiger partial charge >= 0.3 is 0 Å². The van der Waals surface area contributed by atoms with Crippen molar-refractivity contribution in [1.82, 2.24) is 0 Å². The lowest BCUT2D eigenvalue weighted by Crippen LogP contribution is -1.74. The van der Waals surface area contributed by atoms with Gasteiger partial charge in [-0.05, 0) is 55.9 Å². The van der Waals surface area contributed by atoms with Crippen LogP contribution in [0.15, 0.2) is 84.9 Å². The van der Waals surface area contributed by atoms with Crippen LogP contribution in [-0.2, 0) is 0 Å². The second-order valence-corrected chi connectivity index (χ2v) is 5.87. The minimum Gasteiger partial charge on any atom is -0.0616 e. The van der Waals surface area contributed by atoms with Gasteiger partial charge in [-0.25, -0.2) is 0 Å². The summed E-state index contributed by atoms with van der Waals surface area (Å²) < 4.78 is 0. The monoisotopic (exact) mass is 278 g/mol. The molecule has 0 nitrogen and oxygen atoms in total. The van der Waals surface area contributed by atoms with Crippen molar-refractivity contribution < 1.29 is 0 Å². The number of rotatable bonds is 0. The molecule has 3 aliphatic carbocycles. The smallest absolute Gasteiger partial charge is 0.0105 e. The highest BCUT2D eigenvalue weighted by Gasteiger charge is 2.11. The zero-order valence-corrected chi connectivity index (χ0v) is 12.1. The molecule has 102 valence electrons. The molecular weight excluding hydrogens is 264 g/mol. The number of fused-ring (bicyclic) bond motifs is 6. The molecule has 0 heterocycles. The van der Waals surface area contributed by atoms with Crippen molar-refractivity contribution in [1.29, 1.82) is 0 Å². The maximum absolute atomic E-state index is 2.28. The van der Waals surface area contributed by atoms with Crippen molar-refractivity contribution in [3.8, 4) is 22.3 Å². The SMILES string of the molecule is c1ccc2c3ccc4cc5ccccc5c-4ccc-3cc2c1. The van der Waals surface area contributed by atoms with E-state index in [9.17, 15) is 0 Å². The Hall–Kier alpha value is -2.86. The maximum Gasteiger partial charge on any atom is -0.0105 e. The second-order valence-electron chi connectivity index (χ2n) is 5.87. The van der Waals surface area contributed by atoms with E-state index in [0.29, 0.717) is 0 Å². The third-order valence-corrected chi connectivity index (χ3v) is 4.61. The highest BCUT2D eigenvalue weighted by molar-refractivity contribution is 6.05. The van der Waals surface area contributed by atoms with Crippen LogP contribution in [0.3, 0.4) is 0 Å². The molecule has 2 aromatic rings. The lowest BCUT2D eigenvalue weighted by Gasteiger charge is -2.00. The Morgan fingerprint density at radius 3 is 1.36 bits per heavy atom. The Balaban J connectivity index is 1.91. The van der Waals surface area contributed by atoms with Crippen LogP contribution in [0.25, 0.3) is 43.8 Å². The van der Waals surface area contributed by atoms with Crippen molar-refractivity contribution in [2.75, 3.05) is 0 Å². The zero-order chi connectivity index (χ0) is 14.5. The van der Waals surface area contributed by atoms with Gasteiger partial charge in [0.15, 0.2) is 0 Å². The molecule has 0 spiro atoms. The van der Waals surface area contributed by atoms with Gasteiger partial charge in [0.1, 0.15) is 0 Å². The van der Waals surface area contributed by atoms with E-state index in [0.717, 1.165) is 0 Å². The highest BCUT2D eigenvalue weighted by atomic mass is 14.1. The molecule has 0 atom stereocenters. The normalized spacial score (nSPS) is 11.6. The zero-order valence-electron chi connectivity index (χ0n) is 12.1. The predicted octanol–water partition coefficient (Wildman–Crippen LogP) is 6.20. The molecule has 22 heavy (non-hydrogen) atoms. The lowest BCUT2D eigenvalue weighted by atomic mass is 10.0. The molecule has 0 aromatic heterocycles. The maximum atomic E-state index is 2.28. The molecule has 0 saturated heterocycles. The van der Waals surface area contributed by atoms with E-state index >= 15 is 0 Å². The van der Waals surface area contributed by atoms with Gasteiger partial charge in [0.05, 0.1) is 0 Å². The molecule has 0 amide bonds. The minimum atomic E-state index is 1.30. The van der Waals surface area contributed by atoms with E-state index in [1.54, 1.807) is 0 Å². The lowest BCUT2D eigenvalue weighted by molar-refractivity contribution is 1.72. The fraction of sp³-hybridized carbons (Fsp3) is 0. The van der Waals surface area contributed by atoms with Gasteiger partial charge in [-0.1, -0.05) is 72.8 Å². The third kappa shape index (κ3) is 1.58. The van der Waals surface area contributed by atoms with Gasteiger partial charge in [0.2, 0.25) is 0 Å². The topological polar surface area (TPSA) is 0 Å². The molecule has 0 aliphatic heterocycles. The van der Waals surface area contributed by atoms with E-state index in [4.69, 9.17) is 0 Å². The molecule has 3 aliphatic rings. The van der Waals surface area contributed by atoms with Crippen molar-refractivity contribution in [2.45, 2.75) is 0 Å². The summed E-state index contributed by atoms with van der Waals surface area (Å²) in [7, 11) is 0. The largest absolute Gasteiger partial charge is 0.0616 e. The van der Waals surface area contributed by atoms with Crippen LogP contribution in [0.1, 0.15) is 0 Å². The Kier molecular flexibility index (Phi) is 2.31. The molecule has 0 heteroatoms. The second kappa shape index (κ2) is 4.32. The van der Waals surface area contributed by atoms with Gasteiger partial charge in [0.25, 0.3) is 0 Å². The van der Waals surface area contributed by atoms with Gasteiger partial charge in [0, 0.05) is 0 Å². The first-order valence-electron chi connectivity index (χ1n) is 7.63. The predicted molar refractivity (Wildman–Crippen MR) is 94.7 cm³/mol. The first-order chi connectivity index (χ1) is 10.9. The van der Waals surface area contributed by atoms with E-state index in [-0.39, 0.29) is 0 Å². The van der Waals surface area contributed by atoms with Crippen LogP contribution < -0.4 is 0 Å². The van der Waals surface area contributed by atoms with Crippen LogP contribution in [0.4, 0.5) is 0 Å². The number of benzene rings is 2. The van der Waals surface area contributed by atoms with Crippen molar-refractivity contribution in [3.05, 3.63) is 84.9 Å². The van der Waals surface area contributed by atoms with Gasteiger partial charge in [-0.3, -0.25) is 0 Å². The minimum absolute atomic E-state index is 1.30. The molecule has 0 fully saturated rings. The molecule has 0 saturated carbocycles. The summed E-state index contributed by atoms with van der Waals surface area (Å²) in [5.74, 6) is 0. The van der Waals surface area contributed by atoms with Crippen LogP contribution in [0, 0.1) is 0 Å². The molecule has 0 bridgehead atoms. The summed E-state index contributed by atoms with van der Waals surface area (Å²) in [6.07, 6.45) is 0. The number of hydrogen-bond donors (Lipinski definition) is 0. The highest BCUT2D eigenvalue weighted by Crippen LogP contribution is 2.37. The molecule has 0 N–H and O–H groups in total. The molecule has 2 aromatic carbocycles. The fourth-order valence-electron chi connectivity index (χ4n) is 3.53. The first kappa shape index (κ1) is 11.8. The Morgan fingerprint density at radius 2 is 0.864 bits per heavy atom. The van der Waals surface area contributed by atoms with Crippen molar-refractivity contribution in [3.63, 3.8) is 0 Å². The molecule has 0 radical (unpaired) electrons. The average molecular weight is 278 g/mol. The van der Waals surface area contributed by atoms with Crippen LogP contribution >= 0.6 is 0 Å². The van der Waals surface area contributed by atoms with E-state index < -0.39 is 0 Å². The van der Waals surface area contributed by atoms with E-state index in [1.807, 2.05) is 0 Å². The quantitative estimate of drug-likeness (QED) is 0.316. The Labute approximate surface area is 129 Å². The summed E-state index contributed by atoms with van der Waals surface area (Å²) >= 11 is 0. The standard InChI is InChI=1S/C22H14/c1-3-7-19-15(5-1)13-17-9-12-22-18(10-11-21(17)19)14-16-6-2-4-8-20(16)22/h1-14H. The summed E-state index contributed by atoms with van der Waals surface area (Å²) in [5, 5.41) is 5.29. The van der Waals surface area contributed by atoms with E-state index in [2.05, 4.69) is 84.9 Å². The summed E-state index contributed by atoms with van der Waals surface area (Å²) in [6.45, 7) is 0. The Bertz CT molecular complexity index is 983. The molecule has 0 unspecified atom stereocenters. The average Bonchev–Trinajstić information content (AvgIpc) is 3.06. The van der Waals surface area contributed by atoms with Gasteiger partial charge in [-0.15, -0.1) is 0 Å². The van der Waals surface area contributed by atoms with Gasteiger partial charge in [-0.2, -0.15) is 0 Å². The van der Waals surface area contributed by atoms with Crippen LogP contribution in [0.5, 0.6) is 0 Å². The van der Waals surface area contributed by atoms with Gasteiger partial charge < -0.3 is 0 Å². The summed E-state index contributed by atoms with van der Waals surface area (Å²) in [4.78, 5) is 0. The van der Waals surface area contributed by atoms with Crippen molar-refractivity contribution >= 4 is 21.5 Å². The van der Waals surface area contributed by atoms with Crippen molar-refractivity contribution in [2.24, 2.45) is 0 Å². The fourth-order valence-corrected chi connectivity index (χ4v) is 3.53. The first-order valence-corrected chi connectivity index (χ1v) is 7.63. The Morgan fingerprint density at radius 1 is 0.409 bits per heavy atom. The third-order valence-electron chi connectivity index (χ3n) is 4.61. The van der Waals surface area contributed by atoms with E-state index in [1.165, 1.54) is 43.8 Å². The molecule has 5 rings (SSSR count). The summed E-state index contributed by atoms with van der Waals surface area (Å²) in [6, 6.07) is 30.8. The summed E-state index contributed by atoms with van der Waals surface area (Å²) in [5.41, 5.74) is 5.24. The molecular formula is C22H14. The number of hydrogen-bond acceptors (Lipinski definition) is 0. The van der Waals surface area contributed by atoms with Crippen LogP contribution in [0.2, 0.25) is 0 Å².